The quantitative estimate of drug-likeness (QED) is 0.762. The zero-order valence-electron chi connectivity index (χ0n) is 9.20. The second-order valence-corrected chi connectivity index (χ2v) is 4.17. The molecule has 80 valence electrons. The van der Waals surface area contributed by atoms with E-state index < -0.39 is 0 Å². The van der Waals surface area contributed by atoms with Crippen LogP contribution in [0, 0.1) is 0 Å². The van der Waals surface area contributed by atoms with E-state index in [4.69, 9.17) is 4.74 Å². The molecular weight excluding hydrogens is 190 g/mol. The van der Waals surface area contributed by atoms with Gasteiger partial charge in [-0.2, -0.15) is 0 Å². The molecule has 1 atom stereocenters. The number of hydrogen-bond acceptors (Lipinski definition) is 2. The molecule has 1 amide bonds. The zero-order chi connectivity index (χ0) is 11.0. The summed E-state index contributed by atoms with van der Waals surface area (Å²) in [5.74, 6) is 0.463. The van der Waals surface area contributed by atoms with Crippen LogP contribution in [0.2, 0.25) is 0 Å². The number of rotatable bonds is 1. The van der Waals surface area contributed by atoms with Crippen molar-refractivity contribution >= 4 is 11.8 Å². The maximum absolute atomic E-state index is 11.2. The van der Waals surface area contributed by atoms with Crippen LogP contribution in [0.25, 0.3) is 0 Å². The first-order chi connectivity index (χ1) is 7.08. The summed E-state index contributed by atoms with van der Waals surface area (Å²) < 4.78 is 5.06. The number of cyclic esters (lactones) is 1. The van der Waals surface area contributed by atoms with Gasteiger partial charge in [-0.15, -0.1) is 0 Å². The van der Waals surface area contributed by atoms with E-state index in [9.17, 15) is 4.79 Å². The smallest absolute Gasteiger partial charge is 0.412 e. The minimum absolute atomic E-state index is 0.157. The first kappa shape index (κ1) is 10.0. The maximum atomic E-state index is 11.2. The summed E-state index contributed by atoms with van der Waals surface area (Å²) in [5.41, 5.74) is 3.15. The summed E-state index contributed by atoms with van der Waals surface area (Å²) in [4.78, 5) is 11.2. The largest absolute Gasteiger partial charge is 0.441 e. The van der Waals surface area contributed by atoms with Crippen LogP contribution in [0.5, 0.6) is 0 Å². The Morgan fingerprint density at radius 1 is 1.40 bits per heavy atom. The van der Waals surface area contributed by atoms with Crippen molar-refractivity contribution < 1.29 is 9.53 Å². The van der Waals surface area contributed by atoms with E-state index in [1.165, 1.54) is 5.56 Å². The zero-order valence-corrected chi connectivity index (χ0v) is 9.20. The summed E-state index contributed by atoms with van der Waals surface area (Å²) in [5, 5.41) is 2.72. The van der Waals surface area contributed by atoms with Crippen molar-refractivity contribution in [3.63, 3.8) is 0 Å². The number of anilines is 1. The molecule has 0 aromatic heterocycles. The van der Waals surface area contributed by atoms with Gasteiger partial charge in [0.05, 0.1) is 5.69 Å². The highest BCUT2D eigenvalue weighted by molar-refractivity contribution is 5.88. The average Bonchev–Trinajstić information content (AvgIpc) is 2.16. The topological polar surface area (TPSA) is 38.3 Å². The molecule has 1 N–H and O–H groups in total. The van der Waals surface area contributed by atoms with Crippen LogP contribution in [0.1, 0.15) is 43.9 Å². The minimum atomic E-state index is -0.365. The van der Waals surface area contributed by atoms with Gasteiger partial charge in [0.15, 0.2) is 0 Å². The highest BCUT2D eigenvalue weighted by atomic mass is 16.6. The van der Waals surface area contributed by atoms with Gasteiger partial charge in [-0.3, -0.25) is 5.32 Å². The Bertz CT molecular complexity index is 399. The second kappa shape index (κ2) is 3.57. The lowest BCUT2D eigenvalue weighted by Gasteiger charge is -2.24. The van der Waals surface area contributed by atoms with E-state index in [0.717, 1.165) is 11.3 Å². The van der Waals surface area contributed by atoms with Crippen molar-refractivity contribution in [1.82, 2.24) is 0 Å². The normalized spacial score (nSPS) is 19.5. The van der Waals surface area contributed by atoms with E-state index in [0.29, 0.717) is 5.92 Å². The van der Waals surface area contributed by atoms with Gasteiger partial charge in [0.2, 0.25) is 0 Å². The summed E-state index contributed by atoms with van der Waals surface area (Å²) in [7, 11) is 0. The van der Waals surface area contributed by atoms with Crippen molar-refractivity contribution in [3.05, 3.63) is 29.3 Å². The molecule has 0 bridgehead atoms. The molecule has 0 spiro atoms. The van der Waals surface area contributed by atoms with Gasteiger partial charge in [-0.25, -0.2) is 4.79 Å². The predicted molar refractivity (Wildman–Crippen MR) is 59.0 cm³/mol. The first-order valence-electron chi connectivity index (χ1n) is 5.19. The van der Waals surface area contributed by atoms with Crippen molar-refractivity contribution in [2.45, 2.75) is 32.8 Å². The summed E-state index contributed by atoms with van der Waals surface area (Å²) in [6, 6.07) is 6.13. The van der Waals surface area contributed by atoms with Gasteiger partial charge in [0.1, 0.15) is 6.10 Å². The molecule has 1 aliphatic heterocycles. The molecule has 15 heavy (non-hydrogen) atoms. The van der Waals surface area contributed by atoms with Gasteiger partial charge in [0.25, 0.3) is 0 Å². The fraction of sp³-hybridized carbons (Fsp3) is 0.417. The number of hydrogen-bond donors (Lipinski definition) is 1. The van der Waals surface area contributed by atoms with Crippen LogP contribution in [0.3, 0.4) is 0 Å². The Balaban J connectivity index is 2.43. The third kappa shape index (κ3) is 1.82. The molecule has 0 saturated carbocycles. The molecule has 0 fully saturated rings. The number of ether oxygens (including phenoxy) is 1. The Labute approximate surface area is 89.4 Å². The second-order valence-electron chi connectivity index (χ2n) is 4.17. The molecule has 2 rings (SSSR count). The number of carbonyl (C=O) groups is 1. The molecule has 0 aliphatic carbocycles. The number of nitrogens with one attached hydrogen (secondary N) is 1. The fourth-order valence-electron chi connectivity index (χ4n) is 1.76. The Morgan fingerprint density at radius 2 is 2.13 bits per heavy atom. The summed E-state index contributed by atoms with van der Waals surface area (Å²) >= 11 is 0. The van der Waals surface area contributed by atoms with Gasteiger partial charge < -0.3 is 4.74 Å². The highest BCUT2D eigenvalue weighted by Crippen LogP contribution is 2.32. The molecule has 3 nitrogen and oxygen atoms in total. The molecule has 0 saturated heterocycles. The van der Waals surface area contributed by atoms with E-state index >= 15 is 0 Å². The van der Waals surface area contributed by atoms with Gasteiger partial charge >= 0.3 is 6.09 Å². The fourth-order valence-corrected chi connectivity index (χ4v) is 1.76. The van der Waals surface area contributed by atoms with Gasteiger partial charge in [-0.1, -0.05) is 26.0 Å². The average molecular weight is 205 g/mol. The molecule has 0 radical (unpaired) electrons. The molecule has 1 aromatic carbocycles. The molecule has 1 unspecified atom stereocenters. The van der Waals surface area contributed by atoms with E-state index in [1.807, 2.05) is 19.1 Å². The molecular formula is C12H15NO2. The van der Waals surface area contributed by atoms with Gasteiger partial charge in [-0.05, 0) is 24.5 Å². The van der Waals surface area contributed by atoms with Crippen LogP contribution >= 0.6 is 0 Å². The van der Waals surface area contributed by atoms with E-state index in [1.54, 1.807) is 0 Å². The Morgan fingerprint density at radius 3 is 2.80 bits per heavy atom. The first-order valence-corrected chi connectivity index (χ1v) is 5.19. The third-order valence-corrected chi connectivity index (χ3v) is 2.70. The van der Waals surface area contributed by atoms with Crippen molar-refractivity contribution in [1.29, 1.82) is 0 Å². The molecule has 3 heteroatoms. The number of amides is 1. The van der Waals surface area contributed by atoms with Crippen molar-refractivity contribution in [2.75, 3.05) is 5.32 Å². The van der Waals surface area contributed by atoms with Crippen molar-refractivity contribution in [2.24, 2.45) is 0 Å². The summed E-state index contributed by atoms with van der Waals surface area (Å²) in [6.45, 7) is 6.14. The molecule has 1 aliphatic rings. The maximum Gasteiger partial charge on any atom is 0.412 e. The summed E-state index contributed by atoms with van der Waals surface area (Å²) in [6.07, 6.45) is -0.522. The lowest BCUT2D eigenvalue weighted by atomic mass is 9.98. The van der Waals surface area contributed by atoms with Crippen LogP contribution in [-0.2, 0) is 4.74 Å². The number of benzene rings is 1. The van der Waals surface area contributed by atoms with Crippen LogP contribution in [-0.4, -0.2) is 6.09 Å². The number of carbonyl (C=O) groups excluding carboxylic acids is 1. The van der Waals surface area contributed by atoms with E-state index in [2.05, 4.69) is 25.2 Å². The van der Waals surface area contributed by atoms with Crippen LogP contribution in [0.4, 0.5) is 10.5 Å². The lowest BCUT2D eigenvalue weighted by Crippen LogP contribution is -2.23. The van der Waals surface area contributed by atoms with E-state index in [-0.39, 0.29) is 12.2 Å². The lowest BCUT2D eigenvalue weighted by molar-refractivity contribution is 0.116. The molecule has 1 aromatic rings. The van der Waals surface area contributed by atoms with Gasteiger partial charge in [0, 0.05) is 5.56 Å². The Hall–Kier alpha value is -1.51. The van der Waals surface area contributed by atoms with Crippen LogP contribution < -0.4 is 5.32 Å². The highest BCUT2D eigenvalue weighted by Gasteiger charge is 2.22. The number of fused-ring (bicyclic) bond motifs is 1. The van der Waals surface area contributed by atoms with Crippen molar-refractivity contribution in [3.8, 4) is 0 Å². The monoisotopic (exact) mass is 205 g/mol. The Kier molecular flexibility index (Phi) is 2.39. The molecule has 1 heterocycles. The SMILES string of the molecule is CC(C)c1ccc2c(c1)NC(=O)OC2C. The third-order valence-electron chi connectivity index (χ3n) is 2.70. The standard InChI is InChI=1S/C12H15NO2/c1-7(2)9-4-5-10-8(3)15-12(14)13-11(10)6-9/h4-8H,1-3H3,(H,13,14). The predicted octanol–water partition coefficient (Wildman–Crippen LogP) is 3.43. The van der Waals surface area contributed by atoms with Crippen LogP contribution in [0.15, 0.2) is 18.2 Å². The minimum Gasteiger partial charge on any atom is -0.441 e.